The van der Waals surface area contributed by atoms with E-state index in [1.54, 1.807) is 31.0 Å². The smallest absolute Gasteiger partial charge is 0.347 e. The Morgan fingerprint density at radius 3 is 2.53 bits per heavy atom. The Morgan fingerprint density at radius 2 is 1.86 bits per heavy atom. The number of H-pyrrole nitrogens is 1. The highest BCUT2D eigenvalue weighted by Gasteiger charge is 2.56. The summed E-state index contributed by atoms with van der Waals surface area (Å²) in [5.74, 6) is -0.201. The Hall–Kier alpha value is -2.26. The molecule has 2 saturated heterocycles. The minimum atomic E-state index is -5.75. The fraction of sp³-hybridized carbons (Fsp3) is 0.500. The summed E-state index contributed by atoms with van der Waals surface area (Å²) in [4.78, 5) is 61.1. The third-order valence-electron chi connectivity index (χ3n) is 5.94. The van der Waals surface area contributed by atoms with Crippen LogP contribution >= 0.6 is 35.7 Å². The van der Waals surface area contributed by atoms with Crippen LogP contribution < -0.4 is 5.32 Å². The molecule has 3 aromatic rings. The number of nitrogens with zero attached hydrogens (tertiary/aromatic N) is 5. The topological polar surface area (TPSA) is 281 Å². The molecule has 0 spiro atoms. The van der Waals surface area contributed by atoms with E-state index in [0.29, 0.717) is 22.6 Å². The molecule has 236 valence electrons. The zero-order valence-electron chi connectivity index (χ0n) is 21.9. The largest absolute Gasteiger partial charge is 0.490 e. The lowest BCUT2D eigenvalue weighted by molar-refractivity contribution is -0.171. The van der Waals surface area contributed by atoms with E-state index in [-0.39, 0.29) is 11.2 Å². The molecule has 21 nitrogen and oxygen atoms in total. The van der Waals surface area contributed by atoms with Gasteiger partial charge in [0.2, 0.25) is 6.29 Å². The second kappa shape index (κ2) is 11.9. The summed E-state index contributed by atoms with van der Waals surface area (Å²) in [7, 11) is -15.1. The first-order valence-electron chi connectivity index (χ1n) is 11.9. The number of ether oxygens (including phenoxy) is 3. The van der Waals surface area contributed by atoms with Crippen LogP contribution in [0.1, 0.15) is 17.6 Å². The molecular weight excluding hydrogens is 663 g/mol. The Labute approximate surface area is 245 Å². The molecule has 5 rings (SSSR count). The number of aromatic nitrogens is 6. The first-order valence-corrected chi connectivity index (χ1v) is 16.9. The predicted molar refractivity (Wildman–Crippen MR) is 140 cm³/mol. The number of nitrogens with one attached hydrogen (secondary N) is 2. The van der Waals surface area contributed by atoms with E-state index in [2.05, 4.69) is 34.0 Å². The highest BCUT2D eigenvalue weighted by Crippen LogP contribution is 2.66. The third kappa shape index (κ3) is 7.52. The predicted octanol–water partition coefficient (Wildman–Crippen LogP) is 0.198. The highest BCUT2D eigenvalue weighted by atomic mass is 32.1. The number of aromatic amines is 1. The van der Waals surface area contributed by atoms with Crippen LogP contribution in [0.2, 0.25) is 0 Å². The van der Waals surface area contributed by atoms with Crippen LogP contribution in [0.3, 0.4) is 0 Å². The standard InChI is InChI=1S/C18H24N7O14P3S/c1-8-22-14-11(16(43)23-8)20-7-25(14)17-13-12(36-18(37-13)15(26)19-3-9-4-21-24(2)5-9)10(35-17)6-34-41(30,31)39-42(32,33)38-40(27,28)29/h4-5,7,10,12-13,17-18H,3,6H2,1-2H3,(H,19,26)(H,30,31)(H,32,33)(H,22,23,43)(H2,27,28,29). The SMILES string of the molecule is Cc1nc(=S)c2ncn(C3OC(COP(=O)(O)OP(=O)(O)OP(=O)(O)O)C4OC(C(=O)NCc5cnn(C)c5)OC43)c2[nH]1. The Bertz CT molecular complexity index is 1740. The first-order chi connectivity index (χ1) is 20.0. The van der Waals surface area contributed by atoms with Crippen LogP contribution in [0.15, 0.2) is 18.7 Å². The normalized spacial score (nSPS) is 26.7. The molecule has 3 aromatic heterocycles. The molecule has 43 heavy (non-hydrogen) atoms. The van der Waals surface area contributed by atoms with E-state index in [9.17, 15) is 28.3 Å². The van der Waals surface area contributed by atoms with Crippen molar-refractivity contribution in [1.29, 1.82) is 0 Å². The van der Waals surface area contributed by atoms with Gasteiger partial charge in [-0.3, -0.25) is 18.6 Å². The summed E-state index contributed by atoms with van der Waals surface area (Å²) in [6, 6.07) is 0. The van der Waals surface area contributed by atoms with Crippen molar-refractivity contribution in [1.82, 2.24) is 34.6 Å². The van der Waals surface area contributed by atoms with E-state index >= 15 is 0 Å². The fourth-order valence-corrected chi connectivity index (χ4v) is 7.68. The summed E-state index contributed by atoms with van der Waals surface area (Å²) in [6.45, 7) is 0.918. The van der Waals surface area contributed by atoms with Crippen LogP contribution in [0.4, 0.5) is 0 Å². The molecule has 7 atom stereocenters. The van der Waals surface area contributed by atoms with Crippen LogP contribution in [0, 0.1) is 11.6 Å². The molecule has 6 N–H and O–H groups in total. The zero-order valence-corrected chi connectivity index (χ0v) is 25.4. The number of imidazole rings is 1. The number of phosphoric acid groups is 3. The van der Waals surface area contributed by atoms with Crippen molar-refractivity contribution < 1.29 is 65.4 Å². The number of rotatable bonds is 11. The second-order valence-electron chi connectivity index (χ2n) is 9.20. The summed E-state index contributed by atoms with van der Waals surface area (Å²) in [6.07, 6.45) is -1.33. The summed E-state index contributed by atoms with van der Waals surface area (Å²) >= 11 is 5.27. The maximum Gasteiger partial charge on any atom is 0.490 e. The number of hydrogen-bond acceptors (Lipinski definition) is 14. The van der Waals surface area contributed by atoms with E-state index in [4.69, 9.17) is 40.7 Å². The van der Waals surface area contributed by atoms with Gasteiger partial charge in [-0.1, -0.05) is 12.2 Å². The zero-order chi connectivity index (χ0) is 31.3. The van der Waals surface area contributed by atoms with Crippen molar-refractivity contribution >= 4 is 52.8 Å². The monoisotopic (exact) mass is 687 g/mol. The van der Waals surface area contributed by atoms with Gasteiger partial charge < -0.3 is 44.1 Å². The lowest BCUT2D eigenvalue weighted by Gasteiger charge is -2.22. The van der Waals surface area contributed by atoms with Gasteiger partial charge in [0.15, 0.2) is 10.9 Å². The van der Waals surface area contributed by atoms with Gasteiger partial charge in [-0.25, -0.2) is 23.7 Å². The molecule has 2 fully saturated rings. The molecule has 0 aliphatic carbocycles. The number of amides is 1. The average Bonchev–Trinajstić information content (AvgIpc) is 3.63. The third-order valence-corrected chi connectivity index (χ3v) is 10.0. The van der Waals surface area contributed by atoms with Crippen molar-refractivity contribution in [2.24, 2.45) is 7.05 Å². The van der Waals surface area contributed by atoms with Gasteiger partial charge in [0.1, 0.15) is 35.3 Å². The molecule has 0 aromatic carbocycles. The number of carbonyl (C=O) groups is 1. The van der Waals surface area contributed by atoms with Gasteiger partial charge in [-0.2, -0.15) is 13.7 Å². The lowest BCUT2D eigenvalue weighted by atomic mass is 10.1. The Morgan fingerprint density at radius 1 is 1.14 bits per heavy atom. The molecule has 0 bridgehead atoms. The molecule has 7 unspecified atom stereocenters. The van der Waals surface area contributed by atoms with Crippen LogP contribution in [-0.4, -0.2) is 86.0 Å². The molecule has 2 aliphatic rings. The Kier molecular flexibility index (Phi) is 8.91. The molecule has 5 heterocycles. The summed E-state index contributed by atoms with van der Waals surface area (Å²) < 4.78 is 68.1. The van der Waals surface area contributed by atoms with Gasteiger partial charge >= 0.3 is 23.5 Å². The minimum absolute atomic E-state index is 0.107. The number of phosphoric ester groups is 1. The molecule has 25 heteroatoms. The second-order valence-corrected chi connectivity index (χ2v) is 14.0. The van der Waals surface area contributed by atoms with Crippen molar-refractivity contribution in [2.75, 3.05) is 6.61 Å². The first kappa shape index (κ1) is 32.1. The van der Waals surface area contributed by atoms with Crippen molar-refractivity contribution in [3.8, 4) is 0 Å². The van der Waals surface area contributed by atoms with Gasteiger partial charge in [0.25, 0.3) is 5.91 Å². The minimum Gasteiger partial charge on any atom is -0.347 e. The lowest BCUT2D eigenvalue weighted by Crippen LogP contribution is -2.37. The summed E-state index contributed by atoms with van der Waals surface area (Å²) in [5, 5.41) is 6.67. The van der Waals surface area contributed by atoms with E-state index in [0.717, 1.165) is 0 Å². The fourth-order valence-electron chi connectivity index (χ4n) is 4.36. The van der Waals surface area contributed by atoms with Gasteiger partial charge in [-0.05, 0) is 6.92 Å². The van der Waals surface area contributed by atoms with Gasteiger partial charge in [0, 0.05) is 25.4 Å². The molecule has 1 amide bonds. The highest BCUT2D eigenvalue weighted by molar-refractivity contribution is 7.71. The maximum atomic E-state index is 12.9. The number of hydrogen-bond donors (Lipinski definition) is 6. The van der Waals surface area contributed by atoms with Gasteiger partial charge in [0.05, 0.1) is 19.1 Å². The number of carbonyl (C=O) groups excluding carboxylic acids is 1. The van der Waals surface area contributed by atoms with Crippen molar-refractivity contribution in [2.45, 2.75) is 44.3 Å². The molecule has 0 radical (unpaired) electrons. The van der Waals surface area contributed by atoms with Crippen LogP contribution in [-0.2, 0) is 59.4 Å². The maximum absolute atomic E-state index is 12.9. The van der Waals surface area contributed by atoms with E-state index < -0.39 is 66.8 Å². The number of fused-ring (bicyclic) bond motifs is 2. The van der Waals surface area contributed by atoms with Crippen molar-refractivity contribution in [3.05, 3.63) is 34.7 Å². The van der Waals surface area contributed by atoms with Crippen molar-refractivity contribution in [3.63, 3.8) is 0 Å². The quantitative estimate of drug-likeness (QED) is 0.116. The van der Waals surface area contributed by atoms with E-state index in [1.807, 2.05) is 0 Å². The summed E-state index contributed by atoms with van der Waals surface area (Å²) in [5.41, 5.74) is 1.40. The molecular formula is C18H24N7O14P3S. The average molecular weight is 687 g/mol. The van der Waals surface area contributed by atoms with Crippen LogP contribution in [0.5, 0.6) is 0 Å². The molecule has 2 aliphatic heterocycles. The number of aryl methyl sites for hydroxylation is 2. The molecule has 0 saturated carbocycles. The van der Waals surface area contributed by atoms with E-state index in [1.165, 1.54) is 10.9 Å². The van der Waals surface area contributed by atoms with Crippen LogP contribution in [0.25, 0.3) is 11.2 Å². The Balaban J connectivity index is 1.35. The van der Waals surface area contributed by atoms with Gasteiger partial charge in [-0.15, -0.1) is 0 Å².